The van der Waals surface area contributed by atoms with Gasteiger partial charge in [-0.2, -0.15) is 5.26 Å². The molecule has 0 spiro atoms. The van der Waals surface area contributed by atoms with E-state index in [1.54, 1.807) is 0 Å². The predicted molar refractivity (Wildman–Crippen MR) is 31.6 cm³/mol. The van der Waals surface area contributed by atoms with Gasteiger partial charge >= 0.3 is 0 Å². The summed E-state index contributed by atoms with van der Waals surface area (Å²) in [6, 6.07) is 1.82. The molecule has 0 saturated carbocycles. The van der Waals surface area contributed by atoms with Crippen LogP contribution in [0.15, 0.2) is 0 Å². The molecule has 0 unspecified atom stereocenters. The summed E-state index contributed by atoms with van der Waals surface area (Å²) < 4.78 is 0. The minimum absolute atomic E-state index is 0.0938. The van der Waals surface area contributed by atoms with E-state index in [1.807, 2.05) is 6.07 Å². The number of halogens is 1. The Hall–Kier alpha value is -0.260. The second-order valence-corrected chi connectivity index (χ2v) is 2.23. The van der Waals surface area contributed by atoms with Gasteiger partial charge in [-0.05, 0) is 6.92 Å². The standard InChI is InChI=1S/C5H8ClNO/c1-5(8,4-6)2-3-7/h8H,2,4H2,1H3/t5-/m0/s1. The van der Waals surface area contributed by atoms with Gasteiger partial charge < -0.3 is 5.11 Å². The van der Waals surface area contributed by atoms with Crippen molar-refractivity contribution in [2.24, 2.45) is 0 Å². The monoisotopic (exact) mass is 133 g/mol. The van der Waals surface area contributed by atoms with Crippen LogP contribution in [-0.2, 0) is 0 Å². The summed E-state index contributed by atoms with van der Waals surface area (Å²) in [4.78, 5) is 0. The molecule has 0 aliphatic heterocycles. The van der Waals surface area contributed by atoms with Crippen molar-refractivity contribution in [1.29, 1.82) is 5.26 Å². The van der Waals surface area contributed by atoms with Crippen LogP contribution in [0.3, 0.4) is 0 Å². The molecule has 46 valence electrons. The molecule has 0 fully saturated rings. The Bertz CT molecular complexity index is 105. The summed E-state index contributed by atoms with van der Waals surface area (Å²) in [5.41, 5.74) is -1.00. The molecule has 3 heteroatoms. The fourth-order valence-electron chi connectivity index (χ4n) is 0.218. The number of hydrogen-bond donors (Lipinski definition) is 1. The van der Waals surface area contributed by atoms with Crippen LogP contribution in [0.4, 0.5) is 0 Å². The van der Waals surface area contributed by atoms with E-state index in [0.717, 1.165) is 0 Å². The van der Waals surface area contributed by atoms with E-state index in [1.165, 1.54) is 6.92 Å². The summed E-state index contributed by atoms with van der Waals surface area (Å²) in [5.74, 6) is 0.112. The molecule has 1 atom stereocenters. The van der Waals surface area contributed by atoms with Crippen LogP contribution in [0, 0.1) is 11.3 Å². The molecular weight excluding hydrogens is 126 g/mol. The highest BCUT2D eigenvalue weighted by Crippen LogP contribution is 2.08. The minimum Gasteiger partial charge on any atom is -0.388 e. The largest absolute Gasteiger partial charge is 0.388 e. The number of alkyl halides is 1. The lowest BCUT2D eigenvalue weighted by Gasteiger charge is -2.13. The molecule has 0 heterocycles. The molecule has 0 aliphatic rings. The molecule has 0 aliphatic carbocycles. The van der Waals surface area contributed by atoms with Crippen molar-refractivity contribution in [2.45, 2.75) is 18.9 Å². The van der Waals surface area contributed by atoms with E-state index in [2.05, 4.69) is 0 Å². The average molecular weight is 134 g/mol. The third-order valence-electron chi connectivity index (χ3n) is 0.748. The van der Waals surface area contributed by atoms with E-state index in [0.29, 0.717) is 0 Å². The first kappa shape index (κ1) is 7.74. The SMILES string of the molecule is C[C@@](O)(CCl)CC#N. The number of nitriles is 1. The highest BCUT2D eigenvalue weighted by atomic mass is 35.5. The maximum Gasteiger partial charge on any atom is 0.0883 e. The van der Waals surface area contributed by atoms with Gasteiger partial charge in [0, 0.05) is 0 Å². The maximum atomic E-state index is 8.97. The fraction of sp³-hybridized carbons (Fsp3) is 0.800. The van der Waals surface area contributed by atoms with Crippen LogP contribution in [0.25, 0.3) is 0 Å². The van der Waals surface area contributed by atoms with Gasteiger partial charge in [-0.3, -0.25) is 0 Å². The Morgan fingerprint density at radius 2 is 2.38 bits per heavy atom. The summed E-state index contributed by atoms with van der Waals surface area (Å²) in [7, 11) is 0. The minimum atomic E-state index is -1.00. The summed E-state index contributed by atoms with van der Waals surface area (Å²) in [6.45, 7) is 1.53. The zero-order valence-corrected chi connectivity index (χ0v) is 5.44. The van der Waals surface area contributed by atoms with Gasteiger partial charge in [0.25, 0.3) is 0 Å². The van der Waals surface area contributed by atoms with E-state index >= 15 is 0 Å². The molecule has 0 bridgehead atoms. The average Bonchev–Trinajstić information content (AvgIpc) is 1.67. The van der Waals surface area contributed by atoms with Crippen molar-refractivity contribution in [3.05, 3.63) is 0 Å². The van der Waals surface area contributed by atoms with Crippen molar-refractivity contribution in [1.82, 2.24) is 0 Å². The van der Waals surface area contributed by atoms with Crippen molar-refractivity contribution in [2.75, 3.05) is 5.88 Å². The smallest absolute Gasteiger partial charge is 0.0883 e. The van der Waals surface area contributed by atoms with Gasteiger partial charge in [0.1, 0.15) is 0 Å². The van der Waals surface area contributed by atoms with Crippen LogP contribution in [0.1, 0.15) is 13.3 Å². The Labute approximate surface area is 53.7 Å². The highest BCUT2D eigenvalue weighted by molar-refractivity contribution is 6.18. The Morgan fingerprint density at radius 1 is 1.88 bits per heavy atom. The second-order valence-electron chi connectivity index (χ2n) is 1.97. The third-order valence-corrected chi connectivity index (χ3v) is 1.32. The van der Waals surface area contributed by atoms with E-state index in [-0.39, 0.29) is 12.3 Å². The van der Waals surface area contributed by atoms with Crippen molar-refractivity contribution in [3.8, 4) is 6.07 Å². The zero-order chi connectivity index (χ0) is 6.62. The topological polar surface area (TPSA) is 44.0 Å². The van der Waals surface area contributed by atoms with Crippen LogP contribution in [-0.4, -0.2) is 16.6 Å². The molecule has 0 aromatic carbocycles. The zero-order valence-electron chi connectivity index (χ0n) is 4.69. The summed E-state index contributed by atoms with van der Waals surface area (Å²) in [6.07, 6.45) is 0.0938. The van der Waals surface area contributed by atoms with Crippen molar-refractivity contribution in [3.63, 3.8) is 0 Å². The molecule has 0 aromatic heterocycles. The van der Waals surface area contributed by atoms with Gasteiger partial charge in [-0.25, -0.2) is 0 Å². The number of rotatable bonds is 2. The molecule has 8 heavy (non-hydrogen) atoms. The summed E-state index contributed by atoms with van der Waals surface area (Å²) >= 11 is 5.27. The highest BCUT2D eigenvalue weighted by Gasteiger charge is 2.17. The van der Waals surface area contributed by atoms with Crippen LogP contribution < -0.4 is 0 Å². The third kappa shape index (κ3) is 2.84. The lowest BCUT2D eigenvalue weighted by atomic mass is 10.1. The first-order valence-corrected chi connectivity index (χ1v) is 2.81. The summed E-state index contributed by atoms with van der Waals surface area (Å²) in [5, 5.41) is 17.0. The molecule has 0 saturated heterocycles. The molecule has 0 aromatic rings. The van der Waals surface area contributed by atoms with E-state index < -0.39 is 5.60 Å². The molecule has 0 radical (unpaired) electrons. The Balaban J connectivity index is 3.58. The van der Waals surface area contributed by atoms with Crippen LogP contribution >= 0.6 is 11.6 Å². The second kappa shape index (κ2) is 2.91. The first-order valence-electron chi connectivity index (χ1n) is 2.28. The van der Waals surface area contributed by atoms with Crippen LogP contribution in [0.2, 0.25) is 0 Å². The van der Waals surface area contributed by atoms with Crippen molar-refractivity contribution >= 4 is 11.6 Å². The van der Waals surface area contributed by atoms with E-state index in [4.69, 9.17) is 22.0 Å². The molecule has 1 N–H and O–H groups in total. The Morgan fingerprint density at radius 3 is 2.50 bits per heavy atom. The molecule has 0 rings (SSSR count). The normalized spacial score (nSPS) is 16.8. The number of nitrogens with zero attached hydrogens (tertiary/aromatic N) is 1. The van der Waals surface area contributed by atoms with Crippen molar-refractivity contribution < 1.29 is 5.11 Å². The van der Waals surface area contributed by atoms with Gasteiger partial charge in [0.05, 0.1) is 24.0 Å². The van der Waals surface area contributed by atoms with Gasteiger partial charge in [0.2, 0.25) is 0 Å². The first-order chi connectivity index (χ1) is 3.62. The maximum absolute atomic E-state index is 8.97. The fourth-order valence-corrected chi connectivity index (χ4v) is 0.312. The lowest BCUT2D eigenvalue weighted by molar-refractivity contribution is 0.0894. The van der Waals surface area contributed by atoms with Gasteiger partial charge in [-0.15, -0.1) is 11.6 Å². The lowest BCUT2D eigenvalue weighted by Crippen LogP contribution is -2.24. The van der Waals surface area contributed by atoms with Crippen LogP contribution in [0.5, 0.6) is 0 Å². The molecular formula is C5H8ClNO. The van der Waals surface area contributed by atoms with Gasteiger partial charge in [0.15, 0.2) is 0 Å². The Kier molecular flexibility index (Phi) is 2.81. The number of hydrogen-bond acceptors (Lipinski definition) is 2. The van der Waals surface area contributed by atoms with Gasteiger partial charge in [-0.1, -0.05) is 0 Å². The quantitative estimate of drug-likeness (QED) is 0.569. The molecule has 2 nitrogen and oxygen atoms in total. The number of aliphatic hydroxyl groups is 1. The van der Waals surface area contributed by atoms with E-state index in [9.17, 15) is 0 Å². The predicted octanol–water partition coefficient (Wildman–Crippen LogP) is 0.890. The molecule has 0 amide bonds.